The lowest BCUT2D eigenvalue weighted by Crippen LogP contribution is -1.88. The van der Waals surface area contributed by atoms with Gasteiger partial charge in [-0.3, -0.25) is 4.79 Å². The molecule has 60 valence electrons. The molecule has 2 aromatic heterocycles. The van der Waals surface area contributed by atoms with Gasteiger partial charge in [0.15, 0.2) is 0 Å². The summed E-state index contributed by atoms with van der Waals surface area (Å²) < 4.78 is 1.75. The van der Waals surface area contributed by atoms with E-state index in [1.807, 2.05) is 19.1 Å². The van der Waals surface area contributed by atoms with E-state index < -0.39 is 0 Å². The van der Waals surface area contributed by atoms with Crippen LogP contribution in [0.15, 0.2) is 24.4 Å². The number of hydrogen-bond acceptors (Lipinski definition) is 2. The van der Waals surface area contributed by atoms with E-state index in [0.29, 0.717) is 5.56 Å². The molecule has 12 heavy (non-hydrogen) atoms. The number of pyridine rings is 1. The maximum atomic E-state index is 10.4. The van der Waals surface area contributed by atoms with Gasteiger partial charge in [-0.15, -0.1) is 0 Å². The number of carbonyl (C=O) groups excluding carboxylic acids is 1. The minimum Gasteiger partial charge on any atom is -0.298 e. The second-order valence-electron chi connectivity index (χ2n) is 2.73. The fourth-order valence-corrected chi connectivity index (χ4v) is 1.21. The predicted molar refractivity (Wildman–Crippen MR) is 45.3 cm³/mol. The van der Waals surface area contributed by atoms with Crippen LogP contribution in [0.5, 0.6) is 0 Å². The van der Waals surface area contributed by atoms with E-state index in [4.69, 9.17) is 0 Å². The first-order chi connectivity index (χ1) is 5.79. The lowest BCUT2D eigenvalue weighted by molar-refractivity contribution is 0.112. The van der Waals surface area contributed by atoms with E-state index in [1.54, 1.807) is 16.8 Å². The molecule has 0 unspecified atom stereocenters. The fourth-order valence-electron chi connectivity index (χ4n) is 1.21. The minimum atomic E-state index is 0.683. The summed E-state index contributed by atoms with van der Waals surface area (Å²) in [7, 11) is 0. The summed E-state index contributed by atoms with van der Waals surface area (Å²) in [5, 5.41) is 4.19. The van der Waals surface area contributed by atoms with Crippen molar-refractivity contribution in [2.75, 3.05) is 0 Å². The number of carbonyl (C=O) groups is 1. The summed E-state index contributed by atoms with van der Waals surface area (Å²) in [6.45, 7) is 1.92. The highest BCUT2D eigenvalue weighted by Crippen LogP contribution is 2.06. The smallest absolute Gasteiger partial charge is 0.150 e. The van der Waals surface area contributed by atoms with Crippen molar-refractivity contribution in [2.24, 2.45) is 0 Å². The van der Waals surface area contributed by atoms with E-state index in [-0.39, 0.29) is 0 Å². The van der Waals surface area contributed by atoms with Gasteiger partial charge in [0, 0.05) is 11.8 Å². The molecule has 3 heteroatoms. The first-order valence-electron chi connectivity index (χ1n) is 3.71. The molecule has 0 fully saturated rings. The van der Waals surface area contributed by atoms with Crippen molar-refractivity contribution in [2.45, 2.75) is 6.92 Å². The monoisotopic (exact) mass is 160 g/mol. The maximum absolute atomic E-state index is 10.4. The Kier molecular flexibility index (Phi) is 1.43. The molecule has 0 aromatic carbocycles. The molecule has 2 rings (SSSR count). The molecule has 0 saturated carbocycles. The molecule has 0 bridgehead atoms. The van der Waals surface area contributed by atoms with Crippen LogP contribution in [-0.2, 0) is 0 Å². The Labute approximate surface area is 69.6 Å². The Hall–Kier alpha value is -1.64. The third-order valence-electron chi connectivity index (χ3n) is 1.75. The summed E-state index contributed by atoms with van der Waals surface area (Å²) >= 11 is 0. The molecule has 0 atom stereocenters. The van der Waals surface area contributed by atoms with Crippen molar-refractivity contribution in [3.63, 3.8) is 0 Å². The predicted octanol–water partition coefficient (Wildman–Crippen LogP) is 1.46. The summed E-state index contributed by atoms with van der Waals surface area (Å²) in [6, 6.07) is 5.49. The van der Waals surface area contributed by atoms with Crippen LogP contribution < -0.4 is 0 Å². The van der Waals surface area contributed by atoms with Crippen LogP contribution in [0, 0.1) is 6.92 Å². The topological polar surface area (TPSA) is 34.4 Å². The second kappa shape index (κ2) is 2.44. The van der Waals surface area contributed by atoms with Crippen molar-refractivity contribution in [3.8, 4) is 0 Å². The zero-order chi connectivity index (χ0) is 8.55. The molecule has 0 aliphatic heterocycles. The standard InChI is InChI=1S/C9H8N2O/c1-7-4-9-5-8(6-12)2-3-11(9)10-7/h2-6H,1H3. The number of aldehydes is 1. The Bertz CT molecular complexity index is 431. The summed E-state index contributed by atoms with van der Waals surface area (Å²) in [5.74, 6) is 0. The number of rotatable bonds is 1. The van der Waals surface area contributed by atoms with Crippen LogP contribution in [0.25, 0.3) is 5.52 Å². The molecule has 0 spiro atoms. The average molecular weight is 160 g/mol. The van der Waals surface area contributed by atoms with Crippen LogP contribution in [0.4, 0.5) is 0 Å². The summed E-state index contributed by atoms with van der Waals surface area (Å²) in [5.41, 5.74) is 2.59. The highest BCUT2D eigenvalue weighted by atomic mass is 16.1. The van der Waals surface area contributed by atoms with Crippen LogP contribution >= 0.6 is 0 Å². The van der Waals surface area contributed by atoms with Crippen molar-refractivity contribution in [3.05, 3.63) is 35.7 Å². The molecule has 0 aliphatic rings. The van der Waals surface area contributed by atoms with Crippen molar-refractivity contribution in [1.82, 2.24) is 9.61 Å². The molecule has 0 saturated heterocycles. The molecule has 2 aromatic rings. The number of aromatic nitrogens is 2. The number of hydrogen-bond donors (Lipinski definition) is 0. The Morgan fingerprint density at radius 2 is 2.33 bits per heavy atom. The third kappa shape index (κ3) is 0.993. The maximum Gasteiger partial charge on any atom is 0.150 e. The van der Waals surface area contributed by atoms with Crippen molar-refractivity contribution < 1.29 is 4.79 Å². The minimum absolute atomic E-state index is 0.683. The van der Waals surface area contributed by atoms with Crippen LogP contribution in [0.3, 0.4) is 0 Å². The SMILES string of the molecule is Cc1cc2cc(C=O)ccn2n1. The van der Waals surface area contributed by atoms with Gasteiger partial charge in [0.2, 0.25) is 0 Å². The second-order valence-corrected chi connectivity index (χ2v) is 2.73. The molecule has 2 heterocycles. The van der Waals surface area contributed by atoms with Gasteiger partial charge in [-0.1, -0.05) is 0 Å². The van der Waals surface area contributed by atoms with Crippen molar-refractivity contribution >= 4 is 11.8 Å². The summed E-state index contributed by atoms with van der Waals surface area (Å²) in [6.07, 6.45) is 2.62. The Balaban J connectivity index is 2.74. The van der Waals surface area contributed by atoms with Crippen LogP contribution in [-0.4, -0.2) is 15.9 Å². The molecule has 0 radical (unpaired) electrons. The normalized spacial score (nSPS) is 10.4. The highest BCUT2D eigenvalue weighted by Gasteiger charge is 1.97. The van der Waals surface area contributed by atoms with E-state index in [9.17, 15) is 4.79 Å². The van der Waals surface area contributed by atoms with Gasteiger partial charge in [-0.05, 0) is 25.1 Å². The highest BCUT2D eigenvalue weighted by molar-refractivity contribution is 5.77. The Morgan fingerprint density at radius 1 is 1.50 bits per heavy atom. The van der Waals surface area contributed by atoms with E-state index in [2.05, 4.69) is 5.10 Å². The average Bonchev–Trinajstić information content (AvgIpc) is 2.43. The van der Waals surface area contributed by atoms with Gasteiger partial charge in [-0.2, -0.15) is 5.10 Å². The Morgan fingerprint density at radius 3 is 3.08 bits per heavy atom. The van der Waals surface area contributed by atoms with Gasteiger partial charge in [-0.25, -0.2) is 4.52 Å². The van der Waals surface area contributed by atoms with Gasteiger partial charge < -0.3 is 0 Å². The molecule has 0 N–H and O–H groups in total. The molecule has 3 nitrogen and oxygen atoms in total. The van der Waals surface area contributed by atoms with E-state index in [1.165, 1.54) is 0 Å². The number of aryl methyl sites for hydroxylation is 1. The van der Waals surface area contributed by atoms with Gasteiger partial charge in [0.1, 0.15) is 6.29 Å². The van der Waals surface area contributed by atoms with Gasteiger partial charge >= 0.3 is 0 Å². The largest absolute Gasteiger partial charge is 0.298 e. The first-order valence-corrected chi connectivity index (χ1v) is 3.71. The van der Waals surface area contributed by atoms with E-state index in [0.717, 1.165) is 17.5 Å². The van der Waals surface area contributed by atoms with Crippen LogP contribution in [0.1, 0.15) is 16.1 Å². The summed E-state index contributed by atoms with van der Waals surface area (Å²) in [4.78, 5) is 10.4. The number of fused-ring (bicyclic) bond motifs is 1. The lowest BCUT2D eigenvalue weighted by atomic mass is 10.2. The van der Waals surface area contributed by atoms with E-state index >= 15 is 0 Å². The molecular formula is C9H8N2O. The zero-order valence-corrected chi connectivity index (χ0v) is 6.69. The third-order valence-corrected chi connectivity index (χ3v) is 1.75. The van der Waals surface area contributed by atoms with Crippen LogP contribution in [0.2, 0.25) is 0 Å². The molecular weight excluding hydrogens is 152 g/mol. The number of nitrogens with zero attached hydrogens (tertiary/aromatic N) is 2. The fraction of sp³-hybridized carbons (Fsp3) is 0.111. The molecule has 0 amide bonds. The van der Waals surface area contributed by atoms with Gasteiger partial charge in [0.25, 0.3) is 0 Å². The van der Waals surface area contributed by atoms with Gasteiger partial charge in [0.05, 0.1) is 11.2 Å². The zero-order valence-electron chi connectivity index (χ0n) is 6.69. The lowest BCUT2D eigenvalue weighted by Gasteiger charge is -1.91. The quantitative estimate of drug-likeness (QED) is 0.592. The first kappa shape index (κ1) is 7.03. The van der Waals surface area contributed by atoms with Crippen molar-refractivity contribution in [1.29, 1.82) is 0 Å². The molecule has 0 aliphatic carbocycles.